The molecule has 1 atom stereocenters. The Hall–Kier alpha value is -2.73. The van der Waals surface area contributed by atoms with E-state index in [0.29, 0.717) is 23.4 Å². The number of nitrogens with one attached hydrogen (secondary N) is 1. The molecule has 6 nitrogen and oxygen atoms in total. The first kappa shape index (κ1) is 20.6. The molecule has 1 amide bonds. The van der Waals surface area contributed by atoms with Crippen molar-refractivity contribution in [1.29, 1.82) is 0 Å². The molecular formula is C21H27NO5. The third kappa shape index (κ3) is 5.37. The van der Waals surface area contributed by atoms with E-state index in [1.54, 1.807) is 24.3 Å². The molecule has 27 heavy (non-hydrogen) atoms. The molecule has 0 heterocycles. The van der Waals surface area contributed by atoms with E-state index in [1.807, 2.05) is 32.9 Å². The first-order chi connectivity index (χ1) is 12.8. The van der Waals surface area contributed by atoms with E-state index in [0.717, 1.165) is 5.56 Å². The number of carbonyl (C=O) groups excluding carboxylic acids is 1. The standard InChI is InChI=1S/C21H27NO5/c1-14-5-8-16(9-6-14)22-20(25)27-19(21(2,3)11-12-23)15-7-10-18(26-4)17(24)13-15/h5-10,13,19,23-24H,11-12H2,1-4H3,(H,22,25)/t19-/m1/s1. The van der Waals surface area contributed by atoms with Crippen LogP contribution >= 0.6 is 0 Å². The van der Waals surface area contributed by atoms with Gasteiger partial charge >= 0.3 is 6.09 Å². The summed E-state index contributed by atoms with van der Waals surface area (Å²) in [4.78, 5) is 12.5. The lowest BCUT2D eigenvalue weighted by atomic mass is 9.80. The van der Waals surface area contributed by atoms with Crippen molar-refractivity contribution in [2.24, 2.45) is 5.41 Å². The number of benzene rings is 2. The number of aryl methyl sites for hydroxylation is 1. The van der Waals surface area contributed by atoms with Crippen LogP contribution in [0.3, 0.4) is 0 Å². The van der Waals surface area contributed by atoms with Crippen LogP contribution in [0, 0.1) is 12.3 Å². The Morgan fingerprint density at radius 3 is 2.41 bits per heavy atom. The summed E-state index contributed by atoms with van der Waals surface area (Å²) in [5.74, 6) is 0.295. The number of hydrogen-bond acceptors (Lipinski definition) is 5. The highest BCUT2D eigenvalue weighted by Gasteiger charge is 2.34. The van der Waals surface area contributed by atoms with Crippen LogP contribution in [0.25, 0.3) is 0 Å². The molecule has 0 radical (unpaired) electrons. The SMILES string of the molecule is COc1ccc([C@@H](OC(=O)Nc2ccc(C)cc2)C(C)(C)CCO)cc1O. The molecule has 0 aliphatic carbocycles. The summed E-state index contributed by atoms with van der Waals surface area (Å²) < 4.78 is 10.8. The average molecular weight is 373 g/mol. The fraction of sp³-hybridized carbons (Fsp3) is 0.381. The van der Waals surface area contributed by atoms with Gasteiger partial charge in [-0.15, -0.1) is 0 Å². The molecule has 6 heteroatoms. The normalized spacial score (nSPS) is 12.3. The quantitative estimate of drug-likeness (QED) is 0.669. The van der Waals surface area contributed by atoms with Gasteiger partial charge in [0.05, 0.1) is 7.11 Å². The Morgan fingerprint density at radius 1 is 1.19 bits per heavy atom. The number of carbonyl (C=O) groups is 1. The number of methoxy groups -OCH3 is 1. The van der Waals surface area contributed by atoms with Gasteiger partial charge in [0.25, 0.3) is 0 Å². The number of phenols is 1. The van der Waals surface area contributed by atoms with Gasteiger partial charge in [0.15, 0.2) is 11.5 Å². The Bertz CT molecular complexity index is 771. The van der Waals surface area contributed by atoms with E-state index < -0.39 is 17.6 Å². The summed E-state index contributed by atoms with van der Waals surface area (Å²) in [5.41, 5.74) is 1.78. The lowest BCUT2D eigenvalue weighted by molar-refractivity contribution is 0.0151. The van der Waals surface area contributed by atoms with Gasteiger partial charge in [-0.25, -0.2) is 4.79 Å². The van der Waals surface area contributed by atoms with Crippen LogP contribution in [-0.4, -0.2) is 30.0 Å². The topological polar surface area (TPSA) is 88.0 Å². The van der Waals surface area contributed by atoms with Crippen LogP contribution < -0.4 is 10.1 Å². The summed E-state index contributed by atoms with van der Waals surface area (Å²) in [5, 5.41) is 22.2. The number of anilines is 1. The lowest BCUT2D eigenvalue weighted by Gasteiger charge is -2.34. The maximum absolute atomic E-state index is 12.5. The fourth-order valence-electron chi connectivity index (χ4n) is 2.86. The van der Waals surface area contributed by atoms with Gasteiger partial charge in [-0.2, -0.15) is 0 Å². The summed E-state index contributed by atoms with van der Waals surface area (Å²) >= 11 is 0. The number of aliphatic hydroxyl groups is 1. The van der Waals surface area contributed by atoms with E-state index in [1.165, 1.54) is 13.2 Å². The first-order valence-electron chi connectivity index (χ1n) is 8.79. The molecule has 146 valence electrons. The predicted molar refractivity (Wildman–Crippen MR) is 104 cm³/mol. The molecule has 2 aromatic carbocycles. The number of amides is 1. The summed E-state index contributed by atoms with van der Waals surface area (Å²) in [7, 11) is 1.47. The fourth-order valence-corrected chi connectivity index (χ4v) is 2.86. The third-order valence-corrected chi connectivity index (χ3v) is 4.49. The van der Waals surface area contributed by atoms with Crippen LogP contribution in [0.2, 0.25) is 0 Å². The Labute approximate surface area is 159 Å². The van der Waals surface area contributed by atoms with Crippen molar-refractivity contribution in [2.75, 3.05) is 19.0 Å². The average Bonchev–Trinajstić information content (AvgIpc) is 2.61. The predicted octanol–water partition coefficient (Wildman–Crippen LogP) is 4.41. The van der Waals surface area contributed by atoms with Gasteiger partial charge in [-0.1, -0.05) is 37.6 Å². The summed E-state index contributed by atoms with van der Waals surface area (Å²) in [6.07, 6.45) is -0.862. The molecule has 3 N–H and O–H groups in total. The van der Waals surface area contributed by atoms with Crippen molar-refractivity contribution in [3.8, 4) is 11.5 Å². The number of ether oxygens (including phenoxy) is 2. The van der Waals surface area contributed by atoms with Crippen LogP contribution in [0.15, 0.2) is 42.5 Å². The van der Waals surface area contributed by atoms with Crippen LogP contribution in [0.5, 0.6) is 11.5 Å². The molecule has 2 aromatic rings. The number of hydrogen-bond donors (Lipinski definition) is 3. The second-order valence-electron chi connectivity index (χ2n) is 7.17. The van der Waals surface area contributed by atoms with E-state index in [-0.39, 0.29) is 12.4 Å². The second-order valence-corrected chi connectivity index (χ2v) is 7.17. The molecule has 0 aliphatic heterocycles. The molecule has 0 aliphatic rings. The van der Waals surface area contributed by atoms with Crippen LogP contribution in [0.4, 0.5) is 10.5 Å². The van der Waals surface area contributed by atoms with E-state index in [2.05, 4.69) is 5.32 Å². The largest absolute Gasteiger partial charge is 0.504 e. The van der Waals surface area contributed by atoms with Gasteiger partial charge in [0, 0.05) is 17.7 Å². The smallest absolute Gasteiger partial charge is 0.412 e. The molecule has 0 bridgehead atoms. The van der Waals surface area contributed by atoms with Crippen molar-refractivity contribution in [1.82, 2.24) is 0 Å². The van der Waals surface area contributed by atoms with Gasteiger partial charge in [0.2, 0.25) is 0 Å². The molecule has 0 fully saturated rings. The highest BCUT2D eigenvalue weighted by Crippen LogP contribution is 2.41. The highest BCUT2D eigenvalue weighted by atomic mass is 16.6. The minimum absolute atomic E-state index is 0.0395. The molecule has 0 aromatic heterocycles. The van der Waals surface area contributed by atoms with Gasteiger partial charge in [-0.05, 0) is 43.2 Å². The van der Waals surface area contributed by atoms with Gasteiger partial charge < -0.3 is 19.7 Å². The van der Waals surface area contributed by atoms with E-state index in [4.69, 9.17) is 9.47 Å². The number of phenolic OH excluding ortho intramolecular Hbond substituents is 1. The minimum atomic E-state index is -0.674. The van der Waals surface area contributed by atoms with Crippen molar-refractivity contribution in [3.05, 3.63) is 53.6 Å². The van der Waals surface area contributed by atoms with Crippen molar-refractivity contribution < 1.29 is 24.5 Å². The Kier molecular flexibility index (Phi) is 6.69. The van der Waals surface area contributed by atoms with Gasteiger partial charge in [0.1, 0.15) is 6.10 Å². The third-order valence-electron chi connectivity index (χ3n) is 4.49. The van der Waals surface area contributed by atoms with Crippen molar-refractivity contribution >= 4 is 11.8 Å². The minimum Gasteiger partial charge on any atom is -0.504 e. The zero-order valence-corrected chi connectivity index (χ0v) is 16.2. The summed E-state index contributed by atoms with van der Waals surface area (Å²) in [6, 6.07) is 12.2. The maximum atomic E-state index is 12.5. The molecule has 0 saturated heterocycles. The monoisotopic (exact) mass is 373 g/mol. The Morgan fingerprint density at radius 2 is 1.85 bits per heavy atom. The molecule has 0 saturated carbocycles. The number of rotatable bonds is 7. The molecule has 0 spiro atoms. The number of aromatic hydroxyl groups is 1. The van der Waals surface area contributed by atoms with E-state index in [9.17, 15) is 15.0 Å². The van der Waals surface area contributed by atoms with Crippen LogP contribution in [-0.2, 0) is 4.74 Å². The molecule has 2 rings (SSSR count). The van der Waals surface area contributed by atoms with Crippen molar-refractivity contribution in [3.63, 3.8) is 0 Å². The van der Waals surface area contributed by atoms with Crippen molar-refractivity contribution in [2.45, 2.75) is 33.3 Å². The molecular weight excluding hydrogens is 346 g/mol. The van der Waals surface area contributed by atoms with Crippen LogP contribution in [0.1, 0.15) is 37.5 Å². The zero-order chi connectivity index (χ0) is 20.0. The number of aliphatic hydroxyl groups excluding tert-OH is 1. The maximum Gasteiger partial charge on any atom is 0.412 e. The lowest BCUT2D eigenvalue weighted by Crippen LogP contribution is -2.29. The Balaban J connectivity index is 2.25. The zero-order valence-electron chi connectivity index (χ0n) is 16.2. The molecule has 0 unspecified atom stereocenters. The summed E-state index contributed by atoms with van der Waals surface area (Å²) in [6.45, 7) is 5.71. The van der Waals surface area contributed by atoms with E-state index >= 15 is 0 Å². The first-order valence-corrected chi connectivity index (χ1v) is 8.79. The highest BCUT2D eigenvalue weighted by molar-refractivity contribution is 5.84. The van der Waals surface area contributed by atoms with Gasteiger partial charge in [-0.3, -0.25) is 5.32 Å². The second kappa shape index (κ2) is 8.77.